The van der Waals surface area contributed by atoms with Crippen LogP contribution in [0.5, 0.6) is 0 Å². The second kappa shape index (κ2) is 7.05. The zero-order valence-corrected chi connectivity index (χ0v) is 15.9. The van der Waals surface area contributed by atoms with E-state index in [-0.39, 0.29) is 28.6 Å². The van der Waals surface area contributed by atoms with Crippen LogP contribution in [0.2, 0.25) is 5.15 Å². The van der Waals surface area contributed by atoms with Crippen LogP contribution in [0.15, 0.2) is 12.3 Å². The van der Waals surface area contributed by atoms with Crippen LogP contribution in [0, 0.1) is 0 Å². The van der Waals surface area contributed by atoms with Crippen molar-refractivity contribution in [3.63, 3.8) is 0 Å². The number of alkyl halides is 3. The van der Waals surface area contributed by atoms with Crippen LogP contribution < -0.4 is 11.1 Å². The largest absolute Gasteiger partial charge is 0.419 e. The van der Waals surface area contributed by atoms with Gasteiger partial charge in [-0.2, -0.15) is 17.7 Å². The number of nitrogen functional groups attached to an aromatic ring is 1. The van der Waals surface area contributed by atoms with E-state index in [9.17, 15) is 18.3 Å². The second-order valence-corrected chi connectivity index (χ2v) is 7.97. The van der Waals surface area contributed by atoms with Gasteiger partial charge >= 0.3 is 6.18 Å². The average molecular weight is 433 g/mol. The summed E-state index contributed by atoms with van der Waals surface area (Å²) < 4.78 is 40.9. The molecule has 28 heavy (non-hydrogen) atoms. The first-order chi connectivity index (χ1) is 13.2. The first-order valence-electron chi connectivity index (χ1n) is 8.55. The van der Waals surface area contributed by atoms with Crippen molar-refractivity contribution in [2.45, 2.75) is 44.0 Å². The van der Waals surface area contributed by atoms with Gasteiger partial charge in [0.05, 0.1) is 11.7 Å². The molecule has 0 atom stereocenters. The Morgan fingerprint density at radius 3 is 2.68 bits per heavy atom. The lowest BCUT2D eigenvalue weighted by Crippen LogP contribution is -2.28. The number of nitrogens with one attached hydrogen (secondary N) is 1. The average Bonchev–Trinajstić information content (AvgIpc) is 3.12. The van der Waals surface area contributed by atoms with Crippen molar-refractivity contribution in [3.8, 4) is 11.3 Å². The van der Waals surface area contributed by atoms with Gasteiger partial charge in [-0.1, -0.05) is 22.9 Å². The number of nitrogens with zero attached hydrogens (tertiary/aromatic N) is 4. The van der Waals surface area contributed by atoms with E-state index in [1.165, 1.54) is 22.0 Å². The minimum atomic E-state index is -4.64. The van der Waals surface area contributed by atoms with E-state index < -0.39 is 17.6 Å². The lowest BCUT2D eigenvalue weighted by molar-refractivity contribution is -0.137. The molecule has 3 aromatic rings. The highest BCUT2D eigenvalue weighted by molar-refractivity contribution is 7.20. The Kier molecular flexibility index (Phi) is 4.84. The normalized spacial score (nSPS) is 20.6. The second-order valence-electron chi connectivity index (χ2n) is 6.66. The fourth-order valence-electron chi connectivity index (χ4n) is 3.25. The number of pyridine rings is 1. The van der Waals surface area contributed by atoms with Gasteiger partial charge in [0.2, 0.25) is 10.1 Å². The molecule has 7 nitrogen and oxygen atoms in total. The summed E-state index contributed by atoms with van der Waals surface area (Å²) in [6, 6.07) is 1.07. The molecule has 0 aliphatic heterocycles. The Balaban J connectivity index is 1.68. The molecular formula is C16H16ClF3N6OS. The van der Waals surface area contributed by atoms with Crippen LogP contribution in [0.1, 0.15) is 31.2 Å². The summed E-state index contributed by atoms with van der Waals surface area (Å²) >= 11 is 7.41. The smallest absolute Gasteiger partial charge is 0.393 e. The van der Waals surface area contributed by atoms with Crippen LogP contribution in [0.25, 0.3) is 16.2 Å². The molecule has 3 heterocycles. The van der Waals surface area contributed by atoms with Crippen molar-refractivity contribution in [2.24, 2.45) is 0 Å². The number of hydrogen-bond donors (Lipinski definition) is 3. The summed E-state index contributed by atoms with van der Waals surface area (Å²) in [6.45, 7) is 0. The first kappa shape index (κ1) is 19.2. The van der Waals surface area contributed by atoms with E-state index in [2.05, 4.69) is 20.4 Å². The minimum absolute atomic E-state index is 0.0331. The van der Waals surface area contributed by atoms with Gasteiger partial charge < -0.3 is 16.2 Å². The maximum absolute atomic E-state index is 13.2. The van der Waals surface area contributed by atoms with Gasteiger partial charge in [0.15, 0.2) is 5.15 Å². The Labute approximate surface area is 166 Å². The molecule has 4 N–H and O–H groups in total. The van der Waals surface area contributed by atoms with Crippen molar-refractivity contribution >= 4 is 38.8 Å². The maximum Gasteiger partial charge on any atom is 0.419 e. The predicted molar refractivity (Wildman–Crippen MR) is 100 cm³/mol. The standard InChI is InChI=1S/C16H16ClF3N6OS/c17-12-11(7-5-10(16(18,19)20)13(21)22-6-7)26-15(24-12)28-14(25-26)23-8-1-3-9(27)4-2-8/h5-6,8-9,27H,1-4H2,(H2,21,22)(H,23,25)/t8-,9-. The summed E-state index contributed by atoms with van der Waals surface area (Å²) in [5.41, 5.74) is 4.68. The molecule has 1 aliphatic rings. The molecule has 0 amide bonds. The summed E-state index contributed by atoms with van der Waals surface area (Å²) in [5, 5.41) is 17.9. The molecule has 0 bridgehead atoms. The highest BCUT2D eigenvalue weighted by Gasteiger charge is 2.34. The van der Waals surface area contributed by atoms with Crippen molar-refractivity contribution in [1.82, 2.24) is 19.6 Å². The van der Waals surface area contributed by atoms with E-state index in [0.717, 1.165) is 18.9 Å². The van der Waals surface area contributed by atoms with E-state index in [1.807, 2.05) is 0 Å². The van der Waals surface area contributed by atoms with Gasteiger partial charge in [-0.15, -0.1) is 5.10 Å². The monoisotopic (exact) mass is 432 g/mol. The molecule has 0 aromatic carbocycles. The number of aliphatic hydroxyl groups excluding tert-OH is 1. The van der Waals surface area contributed by atoms with E-state index in [0.29, 0.717) is 22.9 Å². The molecular weight excluding hydrogens is 417 g/mol. The molecule has 1 saturated carbocycles. The van der Waals surface area contributed by atoms with Crippen LogP contribution in [-0.4, -0.2) is 36.8 Å². The zero-order chi connectivity index (χ0) is 20.1. The summed E-state index contributed by atoms with van der Waals surface area (Å²) in [4.78, 5) is 8.29. The van der Waals surface area contributed by atoms with Gasteiger partial charge in [0.1, 0.15) is 11.5 Å². The molecule has 0 unspecified atom stereocenters. The third-order valence-corrected chi connectivity index (χ3v) is 5.79. The van der Waals surface area contributed by atoms with Crippen LogP contribution in [-0.2, 0) is 6.18 Å². The Morgan fingerprint density at radius 1 is 1.29 bits per heavy atom. The number of nitrogens with two attached hydrogens (primary N) is 1. The number of fused-ring (bicyclic) bond motifs is 1. The van der Waals surface area contributed by atoms with E-state index in [1.54, 1.807) is 0 Å². The topological polar surface area (TPSA) is 101 Å². The number of anilines is 2. The van der Waals surface area contributed by atoms with Gasteiger partial charge in [0, 0.05) is 17.8 Å². The van der Waals surface area contributed by atoms with E-state index in [4.69, 9.17) is 17.3 Å². The summed E-state index contributed by atoms with van der Waals surface area (Å²) in [5.74, 6) is -0.603. The van der Waals surface area contributed by atoms with Crippen LogP contribution in [0.3, 0.4) is 0 Å². The number of halogens is 4. The Bertz CT molecular complexity index is 1010. The van der Waals surface area contributed by atoms with Gasteiger partial charge in [0.25, 0.3) is 0 Å². The lowest BCUT2D eigenvalue weighted by atomic mass is 9.93. The lowest BCUT2D eigenvalue weighted by Gasteiger charge is -2.25. The number of hydrogen-bond acceptors (Lipinski definition) is 7. The van der Waals surface area contributed by atoms with Gasteiger partial charge in [-0.05, 0) is 31.7 Å². The molecule has 1 aliphatic carbocycles. The Morgan fingerprint density at radius 2 is 2.00 bits per heavy atom. The number of aliphatic hydroxyl groups is 1. The SMILES string of the molecule is Nc1ncc(-c2c(Cl)nc3sc(N[C@H]4CC[C@H](O)CC4)nn23)cc1C(F)(F)F. The number of imidazole rings is 1. The van der Waals surface area contributed by atoms with Crippen LogP contribution >= 0.6 is 22.9 Å². The molecule has 0 radical (unpaired) electrons. The third kappa shape index (κ3) is 3.61. The molecule has 0 spiro atoms. The predicted octanol–water partition coefficient (Wildman–Crippen LogP) is 3.82. The van der Waals surface area contributed by atoms with Crippen molar-refractivity contribution in [1.29, 1.82) is 0 Å². The first-order valence-corrected chi connectivity index (χ1v) is 9.74. The van der Waals surface area contributed by atoms with Crippen LogP contribution in [0.4, 0.5) is 24.1 Å². The highest BCUT2D eigenvalue weighted by Crippen LogP contribution is 2.38. The Hall–Kier alpha value is -2.11. The zero-order valence-electron chi connectivity index (χ0n) is 14.4. The van der Waals surface area contributed by atoms with Crippen molar-refractivity contribution in [3.05, 3.63) is 23.0 Å². The molecule has 12 heteroatoms. The molecule has 150 valence electrons. The minimum Gasteiger partial charge on any atom is -0.393 e. The summed E-state index contributed by atoms with van der Waals surface area (Å²) in [6.07, 6.45) is -0.624. The van der Waals surface area contributed by atoms with Gasteiger partial charge in [-0.25, -0.2) is 9.97 Å². The highest BCUT2D eigenvalue weighted by atomic mass is 35.5. The summed E-state index contributed by atoms with van der Waals surface area (Å²) in [7, 11) is 0. The van der Waals surface area contributed by atoms with E-state index >= 15 is 0 Å². The fraction of sp³-hybridized carbons (Fsp3) is 0.438. The molecule has 0 saturated heterocycles. The van der Waals surface area contributed by atoms with Gasteiger partial charge in [-0.3, -0.25) is 0 Å². The number of aromatic nitrogens is 4. The number of rotatable bonds is 3. The van der Waals surface area contributed by atoms with Crippen molar-refractivity contribution in [2.75, 3.05) is 11.1 Å². The third-order valence-electron chi connectivity index (χ3n) is 4.68. The molecule has 1 fully saturated rings. The molecule has 4 rings (SSSR count). The molecule has 3 aromatic heterocycles. The quantitative estimate of drug-likeness (QED) is 0.581. The maximum atomic E-state index is 13.2. The van der Waals surface area contributed by atoms with Crippen molar-refractivity contribution < 1.29 is 18.3 Å². The fourth-order valence-corrected chi connectivity index (χ4v) is 4.45.